The molecule has 1 saturated heterocycles. The second-order valence-corrected chi connectivity index (χ2v) is 9.89. The Balaban J connectivity index is 1.29. The summed E-state index contributed by atoms with van der Waals surface area (Å²) in [5, 5.41) is 6.29. The van der Waals surface area contributed by atoms with Gasteiger partial charge in [-0.2, -0.15) is 0 Å². The minimum Gasteiger partial charge on any atom is -0.493 e. The van der Waals surface area contributed by atoms with E-state index < -0.39 is 0 Å². The number of amides is 2. The number of carbonyl (C=O) groups excluding carboxylic acids is 2. The first-order valence-corrected chi connectivity index (χ1v) is 13.3. The number of nitrogens with one attached hydrogen (secondary N) is 2. The van der Waals surface area contributed by atoms with Crippen molar-refractivity contribution in [3.8, 4) is 11.5 Å². The van der Waals surface area contributed by atoms with E-state index in [1.807, 2.05) is 18.2 Å². The minimum atomic E-state index is -0.319. The Morgan fingerprint density at radius 1 is 1.00 bits per heavy atom. The normalized spacial score (nSPS) is 14.1. The average Bonchev–Trinajstić information content (AvgIpc) is 2.95. The number of ether oxygens (including phenoxy) is 2. The number of para-hydroxylation sites is 1. The second-order valence-electron chi connectivity index (χ2n) is 9.48. The quantitative estimate of drug-likeness (QED) is 0.355. The van der Waals surface area contributed by atoms with Crippen LogP contribution in [0.3, 0.4) is 0 Å². The van der Waals surface area contributed by atoms with E-state index in [2.05, 4.69) is 15.5 Å². The zero-order valence-electron chi connectivity index (χ0n) is 22.1. The Morgan fingerprint density at radius 2 is 1.74 bits per heavy atom. The molecular weight excluding hydrogens is 521 g/mol. The molecule has 1 fully saturated rings. The number of nitrogens with zero attached hydrogens (tertiary/aromatic N) is 1. The number of carbonyl (C=O) groups is 2. The summed E-state index contributed by atoms with van der Waals surface area (Å²) >= 11 is 6.17. The molecule has 0 atom stereocenters. The van der Waals surface area contributed by atoms with Gasteiger partial charge in [-0.15, -0.1) is 0 Å². The van der Waals surface area contributed by atoms with Crippen LogP contribution in [0.2, 0.25) is 5.02 Å². The highest BCUT2D eigenvalue weighted by molar-refractivity contribution is 6.31. The number of benzene rings is 3. The van der Waals surface area contributed by atoms with Crippen molar-refractivity contribution >= 4 is 29.1 Å². The fourth-order valence-corrected chi connectivity index (χ4v) is 4.96. The number of hydrogen-bond donors (Lipinski definition) is 2. The molecule has 0 spiro atoms. The molecule has 3 aromatic carbocycles. The summed E-state index contributed by atoms with van der Waals surface area (Å²) in [5.41, 5.74) is 2.36. The van der Waals surface area contributed by atoms with Gasteiger partial charge in [0.05, 0.1) is 25.5 Å². The summed E-state index contributed by atoms with van der Waals surface area (Å²) in [6.07, 6.45) is 1.88. The first-order chi connectivity index (χ1) is 18.9. The molecule has 0 radical (unpaired) electrons. The molecule has 9 heteroatoms. The zero-order valence-corrected chi connectivity index (χ0v) is 22.9. The summed E-state index contributed by atoms with van der Waals surface area (Å²) < 4.78 is 24.8. The Hall–Kier alpha value is -3.62. The molecule has 0 unspecified atom stereocenters. The van der Waals surface area contributed by atoms with Gasteiger partial charge in [0.2, 0.25) is 5.91 Å². The monoisotopic (exact) mass is 553 g/mol. The molecule has 2 N–H and O–H groups in total. The number of methoxy groups -OCH3 is 2. The predicted octanol–water partition coefficient (Wildman–Crippen LogP) is 5.32. The number of anilines is 1. The zero-order chi connectivity index (χ0) is 27.8. The van der Waals surface area contributed by atoms with Crippen LogP contribution < -0.4 is 20.1 Å². The number of halogens is 2. The number of piperidine rings is 1. The van der Waals surface area contributed by atoms with E-state index in [1.54, 1.807) is 50.6 Å². The van der Waals surface area contributed by atoms with Crippen molar-refractivity contribution in [3.05, 3.63) is 88.2 Å². The van der Waals surface area contributed by atoms with Crippen molar-refractivity contribution in [2.24, 2.45) is 5.92 Å². The summed E-state index contributed by atoms with van der Waals surface area (Å²) in [5.74, 6) is 0.387. The van der Waals surface area contributed by atoms with E-state index in [9.17, 15) is 14.0 Å². The third-order valence-electron chi connectivity index (χ3n) is 6.98. The van der Waals surface area contributed by atoms with Gasteiger partial charge in [0, 0.05) is 29.6 Å². The van der Waals surface area contributed by atoms with Crippen molar-refractivity contribution in [1.82, 2.24) is 10.2 Å². The van der Waals surface area contributed by atoms with E-state index in [-0.39, 0.29) is 23.5 Å². The van der Waals surface area contributed by atoms with Crippen molar-refractivity contribution < 1.29 is 23.5 Å². The molecule has 2 amide bonds. The molecule has 39 heavy (non-hydrogen) atoms. The summed E-state index contributed by atoms with van der Waals surface area (Å²) in [6, 6.07) is 17.3. The van der Waals surface area contributed by atoms with Crippen LogP contribution in [-0.4, -0.2) is 50.6 Å². The topological polar surface area (TPSA) is 79.9 Å². The van der Waals surface area contributed by atoms with Gasteiger partial charge in [0.25, 0.3) is 5.91 Å². The Bertz CT molecular complexity index is 1290. The van der Waals surface area contributed by atoms with Crippen LogP contribution in [-0.2, 0) is 17.8 Å². The average molecular weight is 554 g/mol. The molecule has 206 valence electrons. The lowest BCUT2D eigenvalue weighted by molar-refractivity contribution is -0.121. The van der Waals surface area contributed by atoms with Crippen molar-refractivity contribution in [1.29, 1.82) is 0 Å². The molecule has 1 aliphatic rings. The van der Waals surface area contributed by atoms with Crippen LogP contribution in [0, 0.1) is 11.7 Å². The maximum absolute atomic E-state index is 14.2. The molecule has 1 aliphatic heterocycles. The third-order valence-corrected chi connectivity index (χ3v) is 7.33. The Morgan fingerprint density at radius 3 is 2.46 bits per heavy atom. The van der Waals surface area contributed by atoms with Gasteiger partial charge in [0.1, 0.15) is 5.82 Å². The molecule has 0 aromatic heterocycles. The minimum absolute atomic E-state index is 0.121. The SMILES string of the molecule is COc1ccc(CCNC(=O)c2ccccc2NC(=O)C2CCN(Cc3c(F)cccc3Cl)CC2)cc1OC. The number of hydrogen-bond acceptors (Lipinski definition) is 5. The smallest absolute Gasteiger partial charge is 0.253 e. The highest BCUT2D eigenvalue weighted by Gasteiger charge is 2.27. The molecule has 0 saturated carbocycles. The van der Waals surface area contributed by atoms with Crippen molar-refractivity contribution in [2.75, 3.05) is 39.2 Å². The first-order valence-electron chi connectivity index (χ1n) is 12.9. The van der Waals surface area contributed by atoms with Crippen molar-refractivity contribution in [2.45, 2.75) is 25.8 Å². The van der Waals surface area contributed by atoms with E-state index in [1.165, 1.54) is 6.07 Å². The molecule has 0 aliphatic carbocycles. The molecule has 7 nitrogen and oxygen atoms in total. The molecular formula is C30H33ClFN3O4. The van der Waals surface area contributed by atoms with Gasteiger partial charge >= 0.3 is 0 Å². The lowest BCUT2D eigenvalue weighted by atomic mass is 9.95. The third kappa shape index (κ3) is 7.28. The highest BCUT2D eigenvalue weighted by atomic mass is 35.5. The maximum Gasteiger partial charge on any atom is 0.253 e. The lowest BCUT2D eigenvalue weighted by Gasteiger charge is -2.31. The molecule has 0 bridgehead atoms. The van der Waals surface area contributed by atoms with Gasteiger partial charge in [0.15, 0.2) is 11.5 Å². The fraction of sp³-hybridized carbons (Fsp3) is 0.333. The molecule has 3 aromatic rings. The Kier molecular flexibility index (Phi) is 9.79. The van der Waals surface area contributed by atoms with Gasteiger partial charge in [-0.3, -0.25) is 14.5 Å². The van der Waals surface area contributed by atoms with Crippen LogP contribution in [0.1, 0.15) is 34.3 Å². The standard InChI is InChI=1S/C30H33ClFN3O4/c1-38-27-11-10-20(18-28(27)39-2)12-15-33-30(37)22-6-3-4-9-26(22)34-29(36)21-13-16-35(17-14-21)19-23-24(31)7-5-8-25(23)32/h3-11,18,21H,12-17,19H2,1-2H3,(H,33,37)(H,34,36). The van der Waals surface area contributed by atoms with Crippen LogP contribution in [0.15, 0.2) is 60.7 Å². The molecule has 1 heterocycles. The van der Waals surface area contributed by atoms with Crippen LogP contribution >= 0.6 is 11.6 Å². The largest absolute Gasteiger partial charge is 0.493 e. The van der Waals surface area contributed by atoms with Crippen molar-refractivity contribution in [3.63, 3.8) is 0 Å². The van der Waals surface area contributed by atoms with Gasteiger partial charge in [-0.05, 0) is 74.3 Å². The van der Waals surface area contributed by atoms with E-state index in [0.717, 1.165) is 5.56 Å². The van der Waals surface area contributed by atoms with Gasteiger partial charge in [-0.1, -0.05) is 35.9 Å². The van der Waals surface area contributed by atoms with Crippen LogP contribution in [0.4, 0.5) is 10.1 Å². The maximum atomic E-state index is 14.2. The Labute approximate surface area is 233 Å². The van der Waals surface area contributed by atoms with Gasteiger partial charge < -0.3 is 20.1 Å². The van der Waals surface area contributed by atoms with E-state index in [0.29, 0.717) is 78.8 Å². The summed E-state index contributed by atoms with van der Waals surface area (Å²) in [7, 11) is 3.17. The van der Waals surface area contributed by atoms with Crippen LogP contribution in [0.25, 0.3) is 0 Å². The van der Waals surface area contributed by atoms with Gasteiger partial charge in [-0.25, -0.2) is 4.39 Å². The highest BCUT2D eigenvalue weighted by Crippen LogP contribution is 2.28. The van der Waals surface area contributed by atoms with E-state index >= 15 is 0 Å². The van der Waals surface area contributed by atoms with Crippen LogP contribution in [0.5, 0.6) is 11.5 Å². The first kappa shape index (κ1) is 28.4. The predicted molar refractivity (Wildman–Crippen MR) is 150 cm³/mol. The number of likely N-dealkylation sites (tertiary alicyclic amines) is 1. The van der Waals surface area contributed by atoms with E-state index in [4.69, 9.17) is 21.1 Å². The lowest BCUT2D eigenvalue weighted by Crippen LogP contribution is -2.38. The summed E-state index contributed by atoms with van der Waals surface area (Å²) in [4.78, 5) is 28.1. The second kappa shape index (κ2) is 13.4. The summed E-state index contributed by atoms with van der Waals surface area (Å²) in [6.45, 7) is 2.13. The molecule has 4 rings (SSSR count). The fourth-order valence-electron chi connectivity index (χ4n) is 4.74. The number of rotatable bonds is 10.